The first-order valence-electron chi connectivity index (χ1n) is 15.4. The number of amides is 1. The fraction of sp³-hybridized carbons (Fsp3) is 0.472. The van der Waals surface area contributed by atoms with Crippen molar-refractivity contribution < 1.29 is 23.9 Å². The Morgan fingerprint density at radius 1 is 0.860 bits per heavy atom. The van der Waals surface area contributed by atoms with Gasteiger partial charge in [-0.25, -0.2) is 0 Å². The molecular weight excluding hydrogens is 540 g/mol. The van der Waals surface area contributed by atoms with E-state index >= 15 is 0 Å². The molecule has 0 aromatic heterocycles. The molecule has 0 radical (unpaired) electrons. The van der Waals surface area contributed by atoms with E-state index in [1.807, 2.05) is 50.2 Å². The normalized spacial score (nSPS) is 19.7. The van der Waals surface area contributed by atoms with E-state index in [0.717, 1.165) is 46.5 Å². The van der Waals surface area contributed by atoms with Crippen LogP contribution in [0, 0.1) is 17.8 Å². The Morgan fingerprint density at radius 2 is 1.49 bits per heavy atom. The van der Waals surface area contributed by atoms with Crippen molar-refractivity contribution in [3.05, 3.63) is 76.1 Å². The van der Waals surface area contributed by atoms with Gasteiger partial charge in [0.1, 0.15) is 0 Å². The fourth-order valence-electron chi connectivity index (χ4n) is 6.92. The number of nitrogens with zero attached hydrogens (tertiary/aromatic N) is 1. The number of carbonyl (C=O) groups excluding carboxylic acids is 3. The number of Topliss-reactive ketones (excluding diaryl/α,β-unsaturated/α-hetero) is 2. The molecule has 43 heavy (non-hydrogen) atoms. The van der Waals surface area contributed by atoms with Gasteiger partial charge in [-0.05, 0) is 79.8 Å². The zero-order valence-corrected chi connectivity index (χ0v) is 26.6. The second-order valence-corrected chi connectivity index (χ2v) is 13.6. The SMILES string of the molecule is CCOc1cc(C2C3=C(CC(C)(C)CC3=O)N(CC)C3=C2C(=O)CC(C)(C)C3)ccc1OCC(=O)Nc1cccc(C)c1. The molecule has 2 aliphatic carbocycles. The predicted octanol–water partition coefficient (Wildman–Crippen LogP) is 7.12. The fourth-order valence-corrected chi connectivity index (χ4v) is 6.92. The number of allylic oxidation sites excluding steroid dienone is 4. The molecule has 0 saturated heterocycles. The van der Waals surface area contributed by atoms with Crippen LogP contribution >= 0.6 is 0 Å². The monoisotopic (exact) mass is 584 g/mol. The van der Waals surface area contributed by atoms with Gasteiger partial charge in [0, 0.05) is 53.5 Å². The number of ketones is 2. The molecule has 1 aliphatic heterocycles. The number of benzene rings is 2. The summed E-state index contributed by atoms with van der Waals surface area (Å²) < 4.78 is 11.9. The summed E-state index contributed by atoms with van der Waals surface area (Å²) >= 11 is 0. The maximum atomic E-state index is 13.9. The first kappa shape index (κ1) is 30.6. The molecule has 2 aromatic carbocycles. The number of hydrogen-bond acceptors (Lipinski definition) is 6. The smallest absolute Gasteiger partial charge is 0.262 e. The molecule has 0 unspecified atom stereocenters. The largest absolute Gasteiger partial charge is 0.490 e. The van der Waals surface area contributed by atoms with Crippen LogP contribution < -0.4 is 14.8 Å². The third-order valence-corrected chi connectivity index (χ3v) is 8.60. The number of nitrogens with one attached hydrogen (secondary N) is 1. The van der Waals surface area contributed by atoms with E-state index in [2.05, 4.69) is 44.8 Å². The summed E-state index contributed by atoms with van der Waals surface area (Å²) in [5.41, 5.74) is 5.84. The Labute approximate surface area is 255 Å². The number of ether oxygens (including phenoxy) is 2. The summed E-state index contributed by atoms with van der Waals surface area (Å²) in [6, 6.07) is 13.2. The van der Waals surface area contributed by atoms with Crippen LogP contribution in [0.1, 0.15) is 84.3 Å². The van der Waals surface area contributed by atoms with Crippen LogP contribution in [0.2, 0.25) is 0 Å². The Balaban J connectivity index is 1.53. The molecule has 1 N–H and O–H groups in total. The van der Waals surface area contributed by atoms with Crippen molar-refractivity contribution in [2.45, 2.75) is 80.1 Å². The quantitative estimate of drug-likeness (QED) is 0.356. The number of anilines is 1. The maximum Gasteiger partial charge on any atom is 0.262 e. The van der Waals surface area contributed by atoms with Gasteiger partial charge in [0.2, 0.25) is 0 Å². The Kier molecular flexibility index (Phi) is 8.30. The van der Waals surface area contributed by atoms with Crippen LogP contribution in [-0.2, 0) is 14.4 Å². The Morgan fingerprint density at radius 3 is 2.05 bits per heavy atom. The van der Waals surface area contributed by atoms with Crippen LogP contribution in [0.25, 0.3) is 0 Å². The van der Waals surface area contributed by atoms with Gasteiger partial charge in [-0.2, -0.15) is 0 Å². The van der Waals surface area contributed by atoms with E-state index in [-0.39, 0.29) is 34.9 Å². The zero-order valence-electron chi connectivity index (χ0n) is 26.6. The summed E-state index contributed by atoms with van der Waals surface area (Å²) in [6.45, 7) is 15.5. The molecule has 5 rings (SSSR count). The molecule has 0 spiro atoms. The highest BCUT2D eigenvalue weighted by molar-refractivity contribution is 6.06. The predicted molar refractivity (Wildman–Crippen MR) is 168 cm³/mol. The average Bonchev–Trinajstić information content (AvgIpc) is 2.90. The highest BCUT2D eigenvalue weighted by Gasteiger charge is 2.48. The second-order valence-electron chi connectivity index (χ2n) is 13.6. The molecule has 0 atom stereocenters. The average molecular weight is 585 g/mol. The lowest BCUT2D eigenvalue weighted by Gasteiger charge is -2.48. The lowest BCUT2D eigenvalue weighted by molar-refractivity contribution is -0.120. The molecule has 0 bridgehead atoms. The van der Waals surface area contributed by atoms with Crippen molar-refractivity contribution in [3.8, 4) is 11.5 Å². The van der Waals surface area contributed by atoms with Gasteiger partial charge < -0.3 is 19.7 Å². The van der Waals surface area contributed by atoms with Gasteiger partial charge in [-0.15, -0.1) is 0 Å². The number of aryl methyl sites for hydroxylation is 1. The Bertz CT molecular complexity index is 1480. The lowest BCUT2D eigenvalue weighted by Crippen LogP contribution is -2.44. The number of hydrogen-bond donors (Lipinski definition) is 1. The van der Waals surface area contributed by atoms with E-state index in [1.165, 1.54) is 0 Å². The zero-order chi connectivity index (χ0) is 31.1. The third kappa shape index (κ3) is 6.27. The highest BCUT2D eigenvalue weighted by atomic mass is 16.5. The minimum absolute atomic E-state index is 0.102. The summed E-state index contributed by atoms with van der Waals surface area (Å²) in [4.78, 5) is 42.7. The third-order valence-electron chi connectivity index (χ3n) is 8.60. The molecule has 7 nitrogen and oxygen atoms in total. The van der Waals surface area contributed by atoms with E-state index in [4.69, 9.17) is 9.47 Å². The topological polar surface area (TPSA) is 84.9 Å². The lowest BCUT2D eigenvalue weighted by atomic mass is 9.63. The summed E-state index contributed by atoms with van der Waals surface area (Å²) in [7, 11) is 0. The van der Waals surface area contributed by atoms with E-state index in [0.29, 0.717) is 43.2 Å². The van der Waals surface area contributed by atoms with Crippen LogP contribution in [-0.4, -0.2) is 42.1 Å². The number of carbonyl (C=O) groups is 3. The molecule has 1 amide bonds. The number of rotatable bonds is 8. The standard InChI is InChI=1S/C36H44N2O5/c1-8-38-25-17-35(4,5)19-27(39)33(25)32(34-26(38)18-36(6,7)20-28(34)40)23-13-14-29(30(16-23)42-9-2)43-21-31(41)37-24-12-10-11-22(3)15-24/h10-16,32H,8-9,17-21H2,1-7H3,(H,37,41). The van der Waals surface area contributed by atoms with E-state index in [1.54, 1.807) is 6.07 Å². The molecule has 0 saturated carbocycles. The van der Waals surface area contributed by atoms with Crippen LogP contribution in [0.4, 0.5) is 5.69 Å². The second kappa shape index (κ2) is 11.7. The first-order chi connectivity index (χ1) is 20.3. The molecule has 228 valence electrons. The maximum absolute atomic E-state index is 13.9. The van der Waals surface area contributed by atoms with Crippen LogP contribution in [0.5, 0.6) is 11.5 Å². The summed E-state index contributed by atoms with van der Waals surface area (Å²) in [5, 5.41) is 2.87. The van der Waals surface area contributed by atoms with E-state index < -0.39 is 5.92 Å². The molecule has 3 aliphatic rings. The van der Waals surface area contributed by atoms with Crippen molar-refractivity contribution in [2.24, 2.45) is 10.8 Å². The summed E-state index contributed by atoms with van der Waals surface area (Å²) in [5.74, 6) is 0.386. The van der Waals surface area contributed by atoms with Gasteiger partial charge in [0.05, 0.1) is 6.61 Å². The van der Waals surface area contributed by atoms with Gasteiger partial charge in [-0.3, -0.25) is 14.4 Å². The Hall–Kier alpha value is -3.87. The molecule has 1 heterocycles. The first-order valence-corrected chi connectivity index (χ1v) is 15.4. The van der Waals surface area contributed by atoms with Crippen molar-refractivity contribution in [1.82, 2.24) is 4.90 Å². The molecule has 0 fully saturated rings. The van der Waals surface area contributed by atoms with Gasteiger partial charge >= 0.3 is 0 Å². The van der Waals surface area contributed by atoms with Crippen LogP contribution in [0.15, 0.2) is 65.0 Å². The van der Waals surface area contributed by atoms with Gasteiger partial charge in [-0.1, -0.05) is 45.9 Å². The van der Waals surface area contributed by atoms with Gasteiger partial charge in [0.15, 0.2) is 29.7 Å². The highest BCUT2D eigenvalue weighted by Crippen LogP contribution is 2.54. The van der Waals surface area contributed by atoms with Crippen LogP contribution in [0.3, 0.4) is 0 Å². The van der Waals surface area contributed by atoms with Crippen molar-refractivity contribution in [1.29, 1.82) is 0 Å². The van der Waals surface area contributed by atoms with Crippen molar-refractivity contribution in [2.75, 3.05) is 25.1 Å². The molecule has 7 heteroatoms. The summed E-state index contributed by atoms with van der Waals surface area (Å²) in [6.07, 6.45) is 2.44. The van der Waals surface area contributed by atoms with Crippen molar-refractivity contribution >= 4 is 23.2 Å². The molecular formula is C36H44N2O5. The van der Waals surface area contributed by atoms with Gasteiger partial charge in [0.25, 0.3) is 5.91 Å². The van der Waals surface area contributed by atoms with Crippen molar-refractivity contribution in [3.63, 3.8) is 0 Å². The van der Waals surface area contributed by atoms with E-state index in [9.17, 15) is 14.4 Å². The minimum Gasteiger partial charge on any atom is -0.490 e. The molecule has 2 aromatic rings. The minimum atomic E-state index is -0.460.